The first-order valence-electron chi connectivity index (χ1n) is 14.3. The minimum absolute atomic E-state index is 0.0159. The maximum atomic E-state index is 13.5. The van der Waals surface area contributed by atoms with Gasteiger partial charge in [-0.1, -0.05) is 6.92 Å². The van der Waals surface area contributed by atoms with Gasteiger partial charge in [0.05, 0.1) is 21.6 Å². The molecule has 2 aliphatic heterocycles. The van der Waals surface area contributed by atoms with Crippen LogP contribution in [0, 0.1) is 0 Å². The minimum atomic E-state index is -3.31. The molecule has 1 spiro atoms. The molecule has 0 bridgehead atoms. The van der Waals surface area contributed by atoms with Crippen LogP contribution >= 0.6 is 11.3 Å². The Labute approximate surface area is 249 Å². The number of hydrogen-bond donors (Lipinski definition) is 0. The number of likely N-dealkylation sites (tertiary alicyclic amines) is 1. The number of thiophene rings is 1. The Hall–Kier alpha value is -2.67. The smallest absolute Gasteiger partial charge is 0.303 e. The predicted molar refractivity (Wildman–Crippen MR) is 156 cm³/mol. The normalized spacial score (nSPS) is 19.9. The van der Waals surface area contributed by atoms with E-state index in [1.807, 2.05) is 13.0 Å². The number of aromatic nitrogens is 3. The van der Waals surface area contributed by atoms with Crippen LogP contribution in [0.4, 0.5) is 8.78 Å². The molecule has 2 atom stereocenters. The number of pyridine rings is 1. The number of ketones is 1. The zero-order valence-electron chi connectivity index (χ0n) is 24.3. The highest BCUT2D eigenvalue weighted by molar-refractivity contribution is 7.91. The number of alkyl halides is 2. The summed E-state index contributed by atoms with van der Waals surface area (Å²) in [5.41, 5.74) is 2.18. The zero-order valence-corrected chi connectivity index (χ0v) is 25.9. The fraction of sp³-hybridized carbons (Fsp3) is 0.533. The van der Waals surface area contributed by atoms with E-state index in [2.05, 4.69) is 26.8 Å². The second-order valence-electron chi connectivity index (χ2n) is 11.3. The van der Waals surface area contributed by atoms with Crippen molar-refractivity contribution >= 4 is 27.0 Å². The Kier molecular flexibility index (Phi) is 8.63. The molecule has 12 heteroatoms. The van der Waals surface area contributed by atoms with Crippen LogP contribution in [0.15, 0.2) is 41.7 Å². The number of ether oxygens (including phenoxy) is 1. The van der Waals surface area contributed by atoms with Gasteiger partial charge in [0, 0.05) is 67.2 Å². The van der Waals surface area contributed by atoms with Gasteiger partial charge in [-0.15, -0.1) is 11.3 Å². The lowest BCUT2D eigenvalue weighted by atomic mass is 9.83. The van der Waals surface area contributed by atoms with E-state index in [-0.39, 0.29) is 35.0 Å². The number of Topliss-reactive ketones (excluding diaryl/α,β-unsaturated/α-hetero) is 1. The number of fused-ring (bicyclic) bond motifs is 2. The summed E-state index contributed by atoms with van der Waals surface area (Å²) in [5, 5.41) is 0. The highest BCUT2D eigenvalue weighted by Crippen LogP contribution is 2.48. The fourth-order valence-electron chi connectivity index (χ4n) is 5.78. The fourth-order valence-corrected chi connectivity index (χ4v) is 7.95. The van der Waals surface area contributed by atoms with Crippen LogP contribution in [0.3, 0.4) is 0 Å². The Morgan fingerprint density at radius 2 is 1.88 bits per heavy atom. The molecule has 2 aliphatic rings. The molecule has 0 N–H and O–H groups in total. The predicted octanol–water partition coefficient (Wildman–Crippen LogP) is 5.67. The largest absolute Gasteiger partial charge is 0.366 e. The minimum Gasteiger partial charge on any atom is -0.366 e. The summed E-state index contributed by atoms with van der Waals surface area (Å²) in [6.07, 6.45) is 7.34. The molecule has 0 saturated carbocycles. The van der Waals surface area contributed by atoms with E-state index in [9.17, 15) is 22.0 Å². The molecule has 2 unspecified atom stereocenters. The standard InChI is InChI=1S/C30H36F2N4O4S2/c1-5-42(38,39)24-8-6-23(33-18-24)7-9-25(37)26-15-21-14-19(2)40-30(27(21)41-26)10-12-36(13-11-30)20(3)22-16-34-28(35-17-22)29(4,31)32/h6,8,15-20H,5,7,9-14H2,1-4H3. The van der Waals surface area contributed by atoms with Crippen molar-refractivity contribution in [2.24, 2.45) is 0 Å². The van der Waals surface area contributed by atoms with E-state index in [1.165, 1.54) is 35.5 Å². The topological polar surface area (TPSA) is 102 Å². The summed E-state index contributed by atoms with van der Waals surface area (Å²) in [5.74, 6) is -3.50. The third-order valence-electron chi connectivity index (χ3n) is 8.28. The van der Waals surface area contributed by atoms with Crippen molar-refractivity contribution in [1.82, 2.24) is 19.9 Å². The molecule has 42 heavy (non-hydrogen) atoms. The van der Waals surface area contributed by atoms with Crippen molar-refractivity contribution in [3.05, 3.63) is 69.2 Å². The van der Waals surface area contributed by atoms with Crippen LogP contribution in [0.2, 0.25) is 0 Å². The monoisotopic (exact) mass is 618 g/mol. The third kappa shape index (κ3) is 6.31. The summed E-state index contributed by atoms with van der Waals surface area (Å²) in [6.45, 7) is 7.97. The van der Waals surface area contributed by atoms with Crippen LogP contribution in [-0.4, -0.2) is 59.0 Å². The van der Waals surface area contributed by atoms with Crippen LogP contribution in [0.5, 0.6) is 0 Å². The second-order valence-corrected chi connectivity index (χ2v) is 14.7. The number of nitrogens with zero attached hydrogens (tertiary/aromatic N) is 4. The van der Waals surface area contributed by atoms with Gasteiger partial charge >= 0.3 is 5.92 Å². The number of aryl methyl sites for hydroxylation is 1. The summed E-state index contributed by atoms with van der Waals surface area (Å²) >= 11 is 1.52. The molecule has 0 amide bonds. The summed E-state index contributed by atoms with van der Waals surface area (Å²) in [4.78, 5) is 29.6. The quantitative estimate of drug-likeness (QED) is 0.283. The molecular formula is C30H36F2N4O4S2. The number of piperidine rings is 1. The second kappa shape index (κ2) is 11.8. The third-order valence-corrected chi connectivity index (χ3v) is 11.4. The number of sulfone groups is 1. The molecule has 1 fully saturated rings. The van der Waals surface area contributed by atoms with E-state index in [4.69, 9.17) is 4.74 Å². The van der Waals surface area contributed by atoms with Gasteiger partial charge in [-0.2, -0.15) is 8.78 Å². The van der Waals surface area contributed by atoms with Gasteiger partial charge in [-0.05, 0) is 63.3 Å². The molecule has 0 aliphatic carbocycles. The zero-order chi connectivity index (χ0) is 30.3. The Bertz CT molecular complexity index is 1530. The van der Waals surface area contributed by atoms with E-state index < -0.39 is 27.2 Å². The van der Waals surface area contributed by atoms with Gasteiger partial charge in [0.25, 0.3) is 0 Å². The lowest BCUT2D eigenvalue weighted by Gasteiger charge is -2.47. The van der Waals surface area contributed by atoms with Gasteiger partial charge in [-0.25, -0.2) is 18.4 Å². The van der Waals surface area contributed by atoms with E-state index in [0.717, 1.165) is 49.7 Å². The lowest BCUT2D eigenvalue weighted by molar-refractivity contribution is -0.134. The Morgan fingerprint density at radius 3 is 2.48 bits per heavy atom. The van der Waals surface area contributed by atoms with Crippen molar-refractivity contribution < 1.29 is 26.7 Å². The SMILES string of the molecule is CCS(=O)(=O)c1ccc(CCC(=O)c2cc3c(s2)C2(CCN(C(C)c4cnc(C(C)(F)F)nc4)CC2)OC(C)C3)nc1. The summed E-state index contributed by atoms with van der Waals surface area (Å²) < 4.78 is 57.8. The van der Waals surface area contributed by atoms with Crippen molar-refractivity contribution in [2.75, 3.05) is 18.8 Å². The number of rotatable bonds is 9. The highest BCUT2D eigenvalue weighted by Gasteiger charge is 2.45. The Morgan fingerprint density at radius 1 is 1.19 bits per heavy atom. The molecule has 3 aromatic heterocycles. The van der Waals surface area contributed by atoms with Crippen molar-refractivity contribution in [3.63, 3.8) is 0 Å². The molecule has 226 valence electrons. The molecule has 5 rings (SSSR count). The lowest BCUT2D eigenvalue weighted by Crippen LogP contribution is -2.48. The first kappa shape index (κ1) is 30.8. The molecule has 8 nitrogen and oxygen atoms in total. The van der Waals surface area contributed by atoms with Crippen molar-refractivity contribution in [1.29, 1.82) is 0 Å². The maximum Gasteiger partial charge on any atom is 0.303 e. The molecular weight excluding hydrogens is 582 g/mol. The number of carbonyl (C=O) groups excluding carboxylic acids is 1. The molecule has 3 aromatic rings. The highest BCUT2D eigenvalue weighted by atomic mass is 32.2. The molecule has 1 saturated heterocycles. The van der Waals surface area contributed by atoms with Crippen molar-refractivity contribution in [2.45, 2.75) is 88.4 Å². The molecule has 5 heterocycles. The number of carbonyl (C=O) groups is 1. The summed E-state index contributed by atoms with van der Waals surface area (Å²) in [7, 11) is -3.31. The molecule has 0 radical (unpaired) electrons. The van der Waals surface area contributed by atoms with E-state index >= 15 is 0 Å². The number of hydrogen-bond acceptors (Lipinski definition) is 9. The van der Waals surface area contributed by atoms with Gasteiger partial charge in [0.15, 0.2) is 21.4 Å². The average Bonchev–Trinajstić information content (AvgIpc) is 3.41. The van der Waals surface area contributed by atoms with Crippen LogP contribution in [0.25, 0.3) is 0 Å². The van der Waals surface area contributed by atoms with Gasteiger partial charge in [0.2, 0.25) is 0 Å². The van der Waals surface area contributed by atoms with Crippen LogP contribution in [-0.2, 0) is 38.9 Å². The summed E-state index contributed by atoms with van der Waals surface area (Å²) in [6, 6.07) is 5.21. The average molecular weight is 619 g/mol. The van der Waals surface area contributed by atoms with E-state index in [0.29, 0.717) is 17.0 Å². The molecule has 0 aromatic carbocycles. The van der Waals surface area contributed by atoms with Gasteiger partial charge in [0.1, 0.15) is 5.60 Å². The van der Waals surface area contributed by atoms with Crippen molar-refractivity contribution in [3.8, 4) is 0 Å². The Balaban J connectivity index is 1.25. The van der Waals surface area contributed by atoms with Gasteiger partial charge < -0.3 is 4.74 Å². The van der Waals surface area contributed by atoms with Crippen LogP contribution in [0.1, 0.15) is 90.2 Å². The van der Waals surface area contributed by atoms with Crippen LogP contribution < -0.4 is 0 Å². The van der Waals surface area contributed by atoms with E-state index in [1.54, 1.807) is 19.1 Å². The number of halogens is 2. The first-order valence-corrected chi connectivity index (χ1v) is 16.7. The first-order chi connectivity index (χ1) is 19.8. The van der Waals surface area contributed by atoms with Gasteiger partial charge in [-0.3, -0.25) is 14.7 Å². The maximum absolute atomic E-state index is 13.5.